The second kappa shape index (κ2) is 5.68. The van der Waals surface area contributed by atoms with Crippen molar-refractivity contribution in [1.29, 1.82) is 0 Å². The Kier molecular flexibility index (Phi) is 4.15. The maximum absolute atomic E-state index is 12.2. The highest BCUT2D eigenvalue weighted by Gasteiger charge is 2.24. The second-order valence-electron chi connectivity index (χ2n) is 5.87. The summed E-state index contributed by atoms with van der Waals surface area (Å²) in [5.41, 5.74) is -1.01. The fourth-order valence-corrected chi connectivity index (χ4v) is 2.87. The maximum Gasteiger partial charge on any atom is 0.355 e. The Hall–Kier alpha value is -1.79. The molecule has 7 nitrogen and oxygen atoms in total. The molecule has 112 valence electrons. The van der Waals surface area contributed by atoms with Crippen molar-refractivity contribution in [3.8, 4) is 0 Å². The molecule has 7 heteroatoms. The standard InChI is InChI=1S/C13H23N5O2/c1-9-6-4-5-7-10(9)8-17-12(19)15-11(16(2)3)18(14)13(17)20/h9-10H,4-8,14H2,1-3H3/t9-,10-/m0/s1. The van der Waals surface area contributed by atoms with Crippen molar-refractivity contribution in [3.05, 3.63) is 21.0 Å². The van der Waals surface area contributed by atoms with Gasteiger partial charge in [-0.15, -0.1) is 0 Å². The fraction of sp³-hybridized carbons (Fsp3) is 0.769. The van der Waals surface area contributed by atoms with E-state index < -0.39 is 11.4 Å². The molecule has 0 unspecified atom stereocenters. The van der Waals surface area contributed by atoms with Crippen LogP contribution in [-0.2, 0) is 6.54 Å². The van der Waals surface area contributed by atoms with E-state index in [0.29, 0.717) is 18.4 Å². The highest BCUT2D eigenvalue weighted by Crippen LogP contribution is 2.30. The van der Waals surface area contributed by atoms with Crippen molar-refractivity contribution in [1.82, 2.24) is 14.2 Å². The Morgan fingerprint density at radius 1 is 1.30 bits per heavy atom. The molecule has 2 atom stereocenters. The third-order valence-corrected chi connectivity index (χ3v) is 4.19. The first-order valence-electron chi connectivity index (χ1n) is 7.08. The van der Waals surface area contributed by atoms with Crippen LogP contribution in [0.15, 0.2) is 9.59 Å². The average molecular weight is 281 g/mol. The van der Waals surface area contributed by atoms with Crippen LogP contribution in [0.25, 0.3) is 0 Å². The highest BCUT2D eigenvalue weighted by molar-refractivity contribution is 5.26. The summed E-state index contributed by atoms with van der Waals surface area (Å²) in [6.07, 6.45) is 4.59. The van der Waals surface area contributed by atoms with Crippen LogP contribution in [0, 0.1) is 11.8 Å². The van der Waals surface area contributed by atoms with E-state index in [1.807, 2.05) is 0 Å². The van der Waals surface area contributed by atoms with E-state index in [0.717, 1.165) is 23.9 Å². The van der Waals surface area contributed by atoms with Gasteiger partial charge < -0.3 is 10.7 Å². The van der Waals surface area contributed by atoms with Gasteiger partial charge in [-0.2, -0.15) is 9.66 Å². The van der Waals surface area contributed by atoms with Crippen molar-refractivity contribution < 1.29 is 0 Å². The Labute approximate surface area is 118 Å². The zero-order valence-corrected chi connectivity index (χ0v) is 12.4. The first-order valence-corrected chi connectivity index (χ1v) is 7.08. The van der Waals surface area contributed by atoms with Crippen LogP contribution >= 0.6 is 0 Å². The quantitative estimate of drug-likeness (QED) is 0.789. The average Bonchev–Trinajstić information content (AvgIpc) is 2.40. The molecule has 2 rings (SSSR count). The Balaban J connectivity index is 2.35. The van der Waals surface area contributed by atoms with Crippen LogP contribution in [0.5, 0.6) is 0 Å². The Morgan fingerprint density at radius 2 is 1.95 bits per heavy atom. The van der Waals surface area contributed by atoms with E-state index in [9.17, 15) is 9.59 Å². The van der Waals surface area contributed by atoms with Gasteiger partial charge in [0.15, 0.2) is 0 Å². The molecule has 20 heavy (non-hydrogen) atoms. The molecule has 0 radical (unpaired) electrons. The number of nitrogens with two attached hydrogens (primary N) is 1. The first kappa shape index (κ1) is 14.6. The van der Waals surface area contributed by atoms with Crippen molar-refractivity contribution in [3.63, 3.8) is 0 Å². The molecule has 0 saturated heterocycles. The molecule has 0 amide bonds. The SMILES string of the molecule is C[C@H]1CCCC[C@H]1Cn1c(=O)nc(N(C)C)n(N)c1=O. The lowest BCUT2D eigenvalue weighted by atomic mass is 9.80. The van der Waals surface area contributed by atoms with Crippen LogP contribution in [0.2, 0.25) is 0 Å². The zero-order valence-electron chi connectivity index (χ0n) is 12.4. The van der Waals surface area contributed by atoms with Gasteiger partial charge in [0, 0.05) is 20.6 Å². The molecule has 1 aliphatic rings. The molecule has 0 aromatic carbocycles. The molecule has 1 heterocycles. The molecule has 1 aromatic heterocycles. The van der Waals surface area contributed by atoms with Crippen molar-refractivity contribution in [2.45, 2.75) is 39.2 Å². The van der Waals surface area contributed by atoms with E-state index in [-0.39, 0.29) is 5.95 Å². The van der Waals surface area contributed by atoms with Gasteiger partial charge in [-0.25, -0.2) is 14.2 Å². The molecular formula is C13H23N5O2. The zero-order chi connectivity index (χ0) is 14.9. The minimum absolute atomic E-state index is 0.174. The Bertz CT molecular complexity index is 589. The van der Waals surface area contributed by atoms with E-state index in [2.05, 4.69) is 11.9 Å². The maximum atomic E-state index is 12.2. The van der Waals surface area contributed by atoms with Gasteiger partial charge >= 0.3 is 11.4 Å². The van der Waals surface area contributed by atoms with Crippen LogP contribution in [0.3, 0.4) is 0 Å². The third kappa shape index (κ3) is 2.71. The summed E-state index contributed by atoms with van der Waals surface area (Å²) in [6.45, 7) is 2.59. The van der Waals surface area contributed by atoms with Crippen LogP contribution in [-0.4, -0.2) is 28.3 Å². The normalized spacial score (nSPS) is 22.8. The molecule has 1 fully saturated rings. The Morgan fingerprint density at radius 3 is 2.55 bits per heavy atom. The summed E-state index contributed by atoms with van der Waals surface area (Å²) in [6, 6.07) is 0. The predicted molar refractivity (Wildman–Crippen MR) is 78.4 cm³/mol. The fourth-order valence-electron chi connectivity index (χ4n) is 2.87. The minimum atomic E-state index is -0.516. The van der Waals surface area contributed by atoms with Crippen molar-refractivity contribution in [2.75, 3.05) is 24.8 Å². The summed E-state index contributed by atoms with van der Waals surface area (Å²) < 4.78 is 2.11. The van der Waals surface area contributed by atoms with Gasteiger partial charge in [0.2, 0.25) is 5.95 Å². The van der Waals surface area contributed by atoms with E-state index >= 15 is 0 Å². The molecular weight excluding hydrogens is 258 g/mol. The molecule has 0 bridgehead atoms. The number of aromatic nitrogens is 3. The number of anilines is 1. The molecule has 1 saturated carbocycles. The second-order valence-corrected chi connectivity index (χ2v) is 5.87. The van der Waals surface area contributed by atoms with Crippen LogP contribution in [0.1, 0.15) is 32.6 Å². The van der Waals surface area contributed by atoms with Gasteiger partial charge in [-0.05, 0) is 18.3 Å². The lowest BCUT2D eigenvalue weighted by Crippen LogP contribution is -2.48. The van der Waals surface area contributed by atoms with E-state index in [4.69, 9.17) is 5.84 Å². The largest absolute Gasteiger partial charge is 0.355 e. The van der Waals surface area contributed by atoms with Crippen molar-refractivity contribution in [2.24, 2.45) is 11.8 Å². The molecule has 0 spiro atoms. The number of hydrogen-bond donors (Lipinski definition) is 1. The minimum Gasteiger partial charge on any atom is -0.347 e. The van der Waals surface area contributed by atoms with Gasteiger partial charge in [0.25, 0.3) is 0 Å². The topological polar surface area (TPSA) is 86.2 Å². The van der Waals surface area contributed by atoms with E-state index in [1.54, 1.807) is 19.0 Å². The summed E-state index contributed by atoms with van der Waals surface area (Å²) in [4.78, 5) is 29.7. The first-order chi connectivity index (χ1) is 9.41. The highest BCUT2D eigenvalue weighted by atomic mass is 16.2. The lowest BCUT2D eigenvalue weighted by Gasteiger charge is -2.29. The number of rotatable bonds is 3. The number of nitrogen functional groups attached to an aromatic ring is 1. The summed E-state index contributed by atoms with van der Waals surface area (Å²) in [5.74, 6) is 6.78. The monoisotopic (exact) mass is 281 g/mol. The summed E-state index contributed by atoms with van der Waals surface area (Å²) in [7, 11) is 3.39. The van der Waals surface area contributed by atoms with Gasteiger partial charge in [0.1, 0.15) is 0 Å². The van der Waals surface area contributed by atoms with Crippen LogP contribution in [0.4, 0.5) is 5.95 Å². The number of hydrogen-bond acceptors (Lipinski definition) is 5. The third-order valence-electron chi connectivity index (χ3n) is 4.19. The predicted octanol–water partition coefficient (Wildman–Crippen LogP) is 0.0111. The van der Waals surface area contributed by atoms with Gasteiger partial charge in [0.05, 0.1) is 0 Å². The molecule has 1 aliphatic carbocycles. The smallest absolute Gasteiger partial charge is 0.347 e. The molecule has 2 N–H and O–H groups in total. The van der Waals surface area contributed by atoms with Crippen molar-refractivity contribution >= 4 is 5.95 Å². The summed E-state index contributed by atoms with van der Waals surface area (Å²) in [5, 5.41) is 0. The lowest BCUT2D eigenvalue weighted by molar-refractivity contribution is 0.222. The molecule has 0 aliphatic heterocycles. The van der Waals surface area contributed by atoms with Gasteiger partial charge in [-0.1, -0.05) is 26.2 Å². The van der Waals surface area contributed by atoms with E-state index in [1.165, 1.54) is 11.0 Å². The summed E-state index contributed by atoms with van der Waals surface area (Å²) >= 11 is 0. The number of nitrogens with zero attached hydrogens (tertiary/aromatic N) is 4. The van der Waals surface area contributed by atoms with Gasteiger partial charge in [-0.3, -0.25) is 0 Å². The van der Waals surface area contributed by atoms with Crippen LogP contribution < -0.4 is 22.1 Å². The molecule has 1 aromatic rings.